The van der Waals surface area contributed by atoms with Crippen LogP contribution in [0.15, 0.2) is 0 Å². The number of unbranched alkanes of at least 4 members (excludes halogenated alkanes) is 1. The van der Waals surface area contributed by atoms with Gasteiger partial charge in [0.1, 0.15) is 6.23 Å². The van der Waals surface area contributed by atoms with E-state index >= 15 is 0 Å². The maximum Gasteiger partial charge on any atom is 0.131 e. The van der Waals surface area contributed by atoms with Crippen molar-refractivity contribution in [2.75, 3.05) is 6.61 Å². The maximum atomic E-state index is 8.87. The number of aliphatic hydroxyl groups excluding tert-OH is 1. The van der Waals surface area contributed by atoms with E-state index in [1.807, 2.05) is 0 Å². The van der Waals surface area contributed by atoms with Gasteiger partial charge in [-0.1, -0.05) is 13.3 Å². The number of ether oxygens (including phenoxy) is 1. The third-order valence-corrected chi connectivity index (χ3v) is 1.28. The average molecular weight is 147 g/mol. The summed E-state index contributed by atoms with van der Waals surface area (Å²) in [4.78, 5) is 0. The molecule has 0 heterocycles. The number of hydrogen-bond acceptors (Lipinski definition) is 3. The average Bonchev–Trinajstić information content (AvgIpc) is 1.88. The van der Waals surface area contributed by atoms with Crippen molar-refractivity contribution in [2.45, 2.75) is 39.0 Å². The fourth-order valence-electron chi connectivity index (χ4n) is 0.503. The molecule has 0 bridgehead atoms. The summed E-state index contributed by atoms with van der Waals surface area (Å²) in [5.74, 6) is 0. The zero-order chi connectivity index (χ0) is 7.98. The lowest BCUT2D eigenvalue weighted by Crippen LogP contribution is -2.35. The minimum absolute atomic E-state index is 0.522. The Labute approximate surface area is 62.2 Å². The van der Waals surface area contributed by atoms with Crippen molar-refractivity contribution in [2.24, 2.45) is 5.73 Å². The summed E-state index contributed by atoms with van der Waals surface area (Å²) in [5, 5.41) is 8.87. The molecule has 62 valence electrons. The molecule has 0 aromatic rings. The predicted octanol–water partition coefficient (Wildman–Crippen LogP) is 0.469. The van der Waals surface area contributed by atoms with Gasteiger partial charge in [-0.05, 0) is 13.3 Å². The number of rotatable bonds is 5. The Morgan fingerprint density at radius 3 is 2.60 bits per heavy atom. The van der Waals surface area contributed by atoms with E-state index < -0.39 is 12.3 Å². The molecular formula is C7H17NO2. The Morgan fingerprint density at radius 2 is 2.20 bits per heavy atom. The first kappa shape index (κ1) is 9.88. The normalized spacial score (nSPS) is 16.8. The second-order valence-electron chi connectivity index (χ2n) is 2.43. The molecule has 3 N–H and O–H groups in total. The molecule has 0 rings (SSSR count). The lowest BCUT2D eigenvalue weighted by Gasteiger charge is -2.14. The summed E-state index contributed by atoms with van der Waals surface area (Å²) in [7, 11) is 0. The topological polar surface area (TPSA) is 55.5 Å². The van der Waals surface area contributed by atoms with E-state index in [1.54, 1.807) is 6.92 Å². The first-order chi connectivity index (χ1) is 4.68. The van der Waals surface area contributed by atoms with Crippen LogP contribution in [0.4, 0.5) is 0 Å². The van der Waals surface area contributed by atoms with Crippen molar-refractivity contribution in [1.82, 2.24) is 0 Å². The number of hydrogen-bond donors (Lipinski definition) is 2. The van der Waals surface area contributed by atoms with E-state index in [9.17, 15) is 0 Å². The molecule has 2 atom stereocenters. The van der Waals surface area contributed by atoms with E-state index in [-0.39, 0.29) is 0 Å². The molecule has 0 saturated heterocycles. The van der Waals surface area contributed by atoms with E-state index in [0.717, 1.165) is 12.8 Å². The van der Waals surface area contributed by atoms with Gasteiger partial charge in [0, 0.05) is 6.61 Å². The van der Waals surface area contributed by atoms with Gasteiger partial charge in [-0.25, -0.2) is 0 Å². The van der Waals surface area contributed by atoms with Crippen molar-refractivity contribution < 1.29 is 9.84 Å². The lowest BCUT2D eigenvalue weighted by molar-refractivity contribution is -0.0262. The minimum Gasteiger partial charge on any atom is -0.389 e. The van der Waals surface area contributed by atoms with Crippen LogP contribution in [-0.4, -0.2) is 24.0 Å². The molecule has 10 heavy (non-hydrogen) atoms. The summed E-state index contributed by atoms with van der Waals surface area (Å²) in [6.45, 7) is 4.34. The zero-order valence-electron chi connectivity index (χ0n) is 6.71. The van der Waals surface area contributed by atoms with Gasteiger partial charge in [0.15, 0.2) is 0 Å². The molecule has 0 radical (unpaired) electrons. The predicted molar refractivity (Wildman–Crippen MR) is 40.5 cm³/mol. The highest BCUT2D eigenvalue weighted by Gasteiger charge is 2.07. The molecule has 0 fully saturated rings. The van der Waals surface area contributed by atoms with Crippen LogP contribution in [0, 0.1) is 0 Å². The molecule has 0 aliphatic rings. The van der Waals surface area contributed by atoms with Crippen LogP contribution in [0.3, 0.4) is 0 Å². The fourth-order valence-corrected chi connectivity index (χ4v) is 0.503. The van der Waals surface area contributed by atoms with Gasteiger partial charge >= 0.3 is 0 Å². The van der Waals surface area contributed by atoms with Crippen molar-refractivity contribution in [3.63, 3.8) is 0 Å². The van der Waals surface area contributed by atoms with Gasteiger partial charge in [0.25, 0.3) is 0 Å². The van der Waals surface area contributed by atoms with Crippen LogP contribution >= 0.6 is 0 Å². The van der Waals surface area contributed by atoms with Crippen molar-refractivity contribution in [1.29, 1.82) is 0 Å². The third kappa shape index (κ3) is 4.73. The molecule has 3 heteroatoms. The van der Waals surface area contributed by atoms with Gasteiger partial charge < -0.3 is 15.6 Å². The molecular weight excluding hydrogens is 130 g/mol. The maximum absolute atomic E-state index is 8.87. The molecule has 0 aromatic carbocycles. The summed E-state index contributed by atoms with van der Waals surface area (Å²) < 4.78 is 5.07. The molecule has 2 unspecified atom stereocenters. The highest BCUT2D eigenvalue weighted by molar-refractivity contribution is 4.54. The Bertz CT molecular complexity index is 76.0. The molecule has 0 saturated carbocycles. The van der Waals surface area contributed by atoms with Gasteiger partial charge in [0.2, 0.25) is 0 Å². The van der Waals surface area contributed by atoms with E-state index in [0.29, 0.717) is 6.61 Å². The first-order valence-corrected chi connectivity index (χ1v) is 3.73. The highest BCUT2D eigenvalue weighted by atomic mass is 16.5. The molecule has 0 spiro atoms. The molecule has 3 nitrogen and oxygen atoms in total. The quantitative estimate of drug-likeness (QED) is 0.439. The highest BCUT2D eigenvalue weighted by Crippen LogP contribution is 1.94. The van der Waals surface area contributed by atoms with Gasteiger partial charge in [0.05, 0.1) is 6.10 Å². The monoisotopic (exact) mass is 147 g/mol. The molecule has 0 amide bonds. The molecule has 0 aliphatic carbocycles. The van der Waals surface area contributed by atoms with Crippen LogP contribution in [-0.2, 0) is 4.74 Å². The van der Waals surface area contributed by atoms with E-state index in [2.05, 4.69) is 6.92 Å². The lowest BCUT2D eigenvalue weighted by atomic mass is 10.3. The fraction of sp³-hybridized carbons (Fsp3) is 1.00. The van der Waals surface area contributed by atoms with Crippen LogP contribution < -0.4 is 5.73 Å². The first-order valence-electron chi connectivity index (χ1n) is 3.73. The van der Waals surface area contributed by atoms with Gasteiger partial charge in [-0.2, -0.15) is 0 Å². The molecule has 0 aliphatic heterocycles. The van der Waals surface area contributed by atoms with Crippen LogP contribution in [0.2, 0.25) is 0 Å². The molecule has 0 aromatic heterocycles. The van der Waals surface area contributed by atoms with Crippen molar-refractivity contribution >= 4 is 0 Å². The largest absolute Gasteiger partial charge is 0.389 e. The summed E-state index contributed by atoms with van der Waals surface area (Å²) in [5.41, 5.74) is 5.39. The Kier molecular flexibility index (Phi) is 5.58. The second-order valence-corrected chi connectivity index (χ2v) is 2.43. The Morgan fingerprint density at radius 1 is 1.60 bits per heavy atom. The number of nitrogens with two attached hydrogens (primary N) is 1. The second kappa shape index (κ2) is 5.65. The number of aliphatic hydroxyl groups is 1. The summed E-state index contributed by atoms with van der Waals surface area (Å²) >= 11 is 0. The third-order valence-electron chi connectivity index (χ3n) is 1.28. The van der Waals surface area contributed by atoms with E-state index in [4.69, 9.17) is 15.6 Å². The SMILES string of the molecule is CCCCOC(N)C(C)O. The van der Waals surface area contributed by atoms with Gasteiger partial charge in [-0.3, -0.25) is 0 Å². The van der Waals surface area contributed by atoms with Crippen molar-refractivity contribution in [3.8, 4) is 0 Å². The van der Waals surface area contributed by atoms with E-state index in [1.165, 1.54) is 0 Å². The van der Waals surface area contributed by atoms with Crippen LogP contribution in [0.25, 0.3) is 0 Å². The Balaban J connectivity index is 3.13. The minimum atomic E-state index is -0.572. The van der Waals surface area contributed by atoms with Crippen LogP contribution in [0.5, 0.6) is 0 Å². The Hall–Kier alpha value is -0.120. The van der Waals surface area contributed by atoms with Crippen LogP contribution in [0.1, 0.15) is 26.7 Å². The zero-order valence-corrected chi connectivity index (χ0v) is 6.71. The summed E-state index contributed by atoms with van der Waals surface area (Å²) in [6.07, 6.45) is 0.996. The summed E-state index contributed by atoms with van der Waals surface area (Å²) in [6, 6.07) is 0. The van der Waals surface area contributed by atoms with Gasteiger partial charge in [-0.15, -0.1) is 0 Å². The standard InChI is InChI=1S/C7H17NO2/c1-3-4-5-10-7(8)6(2)9/h6-7,9H,3-5,8H2,1-2H3. The smallest absolute Gasteiger partial charge is 0.131 e. The van der Waals surface area contributed by atoms with Crippen molar-refractivity contribution in [3.05, 3.63) is 0 Å².